The van der Waals surface area contributed by atoms with Crippen LogP contribution in [0.2, 0.25) is 0 Å². The van der Waals surface area contributed by atoms with E-state index in [-0.39, 0.29) is 12.1 Å². The van der Waals surface area contributed by atoms with E-state index in [1.165, 1.54) is 36.8 Å². The van der Waals surface area contributed by atoms with Crippen molar-refractivity contribution in [2.45, 2.75) is 82.6 Å². The Kier molecular flexibility index (Phi) is 11.1. The summed E-state index contributed by atoms with van der Waals surface area (Å²) in [7, 11) is 0. The third-order valence-corrected chi connectivity index (χ3v) is 9.96. The van der Waals surface area contributed by atoms with E-state index >= 15 is 0 Å². The molecule has 0 unspecified atom stereocenters. The van der Waals surface area contributed by atoms with E-state index in [9.17, 15) is 5.11 Å². The van der Waals surface area contributed by atoms with Crippen LogP contribution in [0.3, 0.4) is 0 Å². The molecule has 0 amide bonds. The Labute approximate surface area is 290 Å². The molecule has 49 heavy (non-hydrogen) atoms. The summed E-state index contributed by atoms with van der Waals surface area (Å²) in [5, 5.41) is 24.2. The quantitative estimate of drug-likeness (QED) is 0.135. The summed E-state index contributed by atoms with van der Waals surface area (Å²) in [6.45, 7) is 6.07. The van der Waals surface area contributed by atoms with Crippen molar-refractivity contribution in [3.63, 3.8) is 0 Å². The monoisotopic (exact) mass is 656 g/mol. The first-order valence-electron chi connectivity index (χ1n) is 18.0. The highest BCUT2D eigenvalue weighted by atomic mass is 16.3. The fraction of sp³-hybridized carbons (Fsp3) is 0.425. The van der Waals surface area contributed by atoms with Crippen molar-refractivity contribution in [3.8, 4) is 23.0 Å². The standard InChI is InChI=1S/C40H48N8O/c49-37-17-15-34(16-18-37)45-39-38(32-10-5-30(6-11-32)28-48-23-21-41-22-24-48)27-44-40(47-39)46-35-12-7-29(8-13-35)9-14-36-25-31(19-20-42-36)26-43-33-3-1-2-4-33/h5-8,10-13,19-20,25,27,33-34,37,41,43,49H,1-4,15-18,21-24,26,28H2,(H2,44,45,46,47). The second kappa shape index (κ2) is 16.4. The smallest absolute Gasteiger partial charge is 0.229 e. The molecule has 0 bridgehead atoms. The first-order valence-corrected chi connectivity index (χ1v) is 18.0. The molecule has 9 nitrogen and oxygen atoms in total. The highest BCUT2D eigenvalue weighted by Gasteiger charge is 2.22. The number of nitrogens with one attached hydrogen (secondary N) is 4. The van der Waals surface area contributed by atoms with E-state index in [0.29, 0.717) is 12.0 Å². The Morgan fingerprint density at radius 2 is 1.59 bits per heavy atom. The molecular formula is C40H48N8O. The molecule has 254 valence electrons. The number of nitrogens with zero attached hydrogens (tertiary/aromatic N) is 4. The van der Waals surface area contributed by atoms with Gasteiger partial charge in [-0.05, 0) is 97.5 Å². The molecule has 2 aliphatic carbocycles. The maximum Gasteiger partial charge on any atom is 0.229 e. The zero-order valence-corrected chi connectivity index (χ0v) is 28.3. The summed E-state index contributed by atoms with van der Waals surface area (Å²) < 4.78 is 0. The van der Waals surface area contributed by atoms with Gasteiger partial charge in [0.05, 0.1) is 6.10 Å². The molecule has 0 spiro atoms. The van der Waals surface area contributed by atoms with Gasteiger partial charge in [0.2, 0.25) is 5.95 Å². The minimum Gasteiger partial charge on any atom is -0.393 e. The molecule has 7 rings (SSSR count). The number of pyridine rings is 1. The van der Waals surface area contributed by atoms with Crippen molar-refractivity contribution in [2.75, 3.05) is 36.8 Å². The topological polar surface area (TPSA) is 110 Å². The van der Waals surface area contributed by atoms with Gasteiger partial charge in [-0.3, -0.25) is 4.90 Å². The van der Waals surface area contributed by atoms with E-state index in [0.717, 1.165) is 98.8 Å². The van der Waals surface area contributed by atoms with Gasteiger partial charge < -0.3 is 26.4 Å². The number of aromatic nitrogens is 3. The zero-order valence-electron chi connectivity index (χ0n) is 28.3. The van der Waals surface area contributed by atoms with E-state index in [1.54, 1.807) is 0 Å². The molecule has 3 aliphatic rings. The fourth-order valence-corrected chi connectivity index (χ4v) is 7.04. The number of rotatable bonds is 10. The van der Waals surface area contributed by atoms with Crippen LogP contribution >= 0.6 is 0 Å². The summed E-state index contributed by atoms with van der Waals surface area (Å²) >= 11 is 0. The van der Waals surface area contributed by atoms with Crippen LogP contribution in [0.5, 0.6) is 0 Å². The largest absolute Gasteiger partial charge is 0.393 e. The van der Waals surface area contributed by atoms with Crippen molar-refractivity contribution in [1.82, 2.24) is 30.5 Å². The SMILES string of the molecule is OC1CCC(Nc2nc(Nc3ccc(C#Cc4cc(CNC5CCCC5)ccn4)cc3)ncc2-c2ccc(CN3CCNCC3)cc2)CC1. The number of aliphatic hydroxyl groups excluding tert-OH is 1. The molecule has 2 aromatic heterocycles. The summed E-state index contributed by atoms with van der Waals surface area (Å²) in [5.74, 6) is 7.83. The molecule has 9 heteroatoms. The Balaban J connectivity index is 1.02. The fourth-order valence-electron chi connectivity index (χ4n) is 7.04. The van der Waals surface area contributed by atoms with Crippen molar-refractivity contribution < 1.29 is 5.11 Å². The molecule has 3 heterocycles. The number of piperazine rings is 1. The van der Waals surface area contributed by atoms with E-state index in [4.69, 9.17) is 9.97 Å². The van der Waals surface area contributed by atoms with Crippen molar-refractivity contribution in [3.05, 3.63) is 95.4 Å². The average molecular weight is 657 g/mol. The number of hydrogen-bond donors (Lipinski definition) is 5. The van der Waals surface area contributed by atoms with Gasteiger partial charge in [0.25, 0.3) is 0 Å². The van der Waals surface area contributed by atoms with Crippen LogP contribution < -0.4 is 21.3 Å². The summed E-state index contributed by atoms with van der Waals surface area (Å²) in [4.78, 5) is 16.6. The van der Waals surface area contributed by atoms with Crippen LogP contribution in [0.1, 0.15) is 73.8 Å². The lowest BCUT2D eigenvalue weighted by molar-refractivity contribution is 0.126. The van der Waals surface area contributed by atoms with Crippen LogP contribution in [0.15, 0.2) is 73.1 Å². The first-order chi connectivity index (χ1) is 24.1. The predicted molar refractivity (Wildman–Crippen MR) is 197 cm³/mol. The maximum absolute atomic E-state index is 10.1. The second-order valence-electron chi connectivity index (χ2n) is 13.7. The molecular weight excluding hydrogens is 608 g/mol. The number of anilines is 3. The van der Waals surface area contributed by atoms with Crippen LogP contribution in [-0.4, -0.2) is 69.3 Å². The number of hydrogen-bond acceptors (Lipinski definition) is 9. The third kappa shape index (κ3) is 9.43. The lowest BCUT2D eigenvalue weighted by atomic mass is 9.93. The normalized spacial score (nSPS) is 20.0. The van der Waals surface area contributed by atoms with Crippen molar-refractivity contribution in [2.24, 2.45) is 0 Å². The molecule has 1 saturated heterocycles. The molecule has 2 aromatic carbocycles. The minimum absolute atomic E-state index is 0.207. The van der Waals surface area contributed by atoms with Gasteiger partial charge in [-0.15, -0.1) is 0 Å². The van der Waals surface area contributed by atoms with Crippen LogP contribution in [-0.2, 0) is 13.1 Å². The van der Waals surface area contributed by atoms with E-state index in [1.807, 2.05) is 36.7 Å². The predicted octanol–water partition coefficient (Wildman–Crippen LogP) is 5.83. The van der Waals surface area contributed by atoms with Gasteiger partial charge in [-0.2, -0.15) is 4.98 Å². The molecule has 2 saturated carbocycles. The molecule has 5 N–H and O–H groups in total. The molecule has 3 fully saturated rings. The van der Waals surface area contributed by atoms with Gasteiger partial charge in [0, 0.05) is 80.6 Å². The van der Waals surface area contributed by atoms with Gasteiger partial charge >= 0.3 is 0 Å². The van der Waals surface area contributed by atoms with Gasteiger partial charge in [0.15, 0.2) is 0 Å². The van der Waals surface area contributed by atoms with Gasteiger partial charge in [-0.25, -0.2) is 9.97 Å². The molecule has 0 radical (unpaired) electrons. The van der Waals surface area contributed by atoms with Gasteiger partial charge in [0.1, 0.15) is 11.5 Å². The Morgan fingerprint density at radius 1 is 0.816 bits per heavy atom. The summed E-state index contributed by atoms with van der Waals surface area (Å²) in [5.41, 5.74) is 7.17. The zero-order chi connectivity index (χ0) is 33.3. The Morgan fingerprint density at radius 3 is 2.37 bits per heavy atom. The molecule has 0 atom stereocenters. The number of aliphatic hydroxyl groups is 1. The highest BCUT2D eigenvalue weighted by molar-refractivity contribution is 5.76. The maximum atomic E-state index is 10.1. The number of benzene rings is 2. The molecule has 1 aliphatic heterocycles. The Bertz CT molecular complexity index is 1710. The lowest BCUT2D eigenvalue weighted by Gasteiger charge is -2.28. The average Bonchev–Trinajstić information content (AvgIpc) is 3.67. The first kappa shape index (κ1) is 33.2. The van der Waals surface area contributed by atoms with Crippen molar-refractivity contribution >= 4 is 17.5 Å². The second-order valence-corrected chi connectivity index (χ2v) is 13.7. The lowest BCUT2D eigenvalue weighted by Crippen LogP contribution is -2.42. The Hall–Kier alpha value is -4.33. The van der Waals surface area contributed by atoms with E-state index in [2.05, 4.69) is 79.4 Å². The highest BCUT2D eigenvalue weighted by Crippen LogP contribution is 2.31. The van der Waals surface area contributed by atoms with Crippen LogP contribution in [0.25, 0.3) is 11.1 Å². The van der Waals surface area contributed by atoms with Crippen LogP contribution in [0, 0.1) is 11.8 Å². The molecule has 4 aromatic rings. The van der Waals surface area contributed by atoms with Gasteiger partial charge in [-0.1, -0.05) is 43.0 Å². The van der Waals surface area contributed by atoms with Crippen molar-refractivity contribution in [1.29, 1.82) is 0 Å². The third-order valence-electron chi connectivity index (χ3n) is 9.96. The minimum atomic E-state index is -0.207. The summed E-state index contributed by atoms with van der Waals surface area (Å²) in [6.07, 6.45) is 12.2. The summed E-state index contributed by atoms with van der Waals surface area (Å²) in [6, 6.07) is 21.8. The van der Waals surface area contributed by atoms with E-state index < -0.39 is 0 Å². The van der Waals surface area contributed by atoms with Crippen LogP contribution in [0.4, 0.5) is 17.5 Å².